The summed E-state index contributed by atoms with van der Waals surface area (Å²) in [6.07, 6.45) is 1.79. The summed E-state index contributed by atoms with van der Waals surface area (Å²) in [6.45, 7) is 2.45. The van der Waals surface area contributed by atoms with Gasteiger partial charge < -0.3 is 10.1 Å². The zero-order chi connectivity index (χ0) is 7.52. The van der Waals surface area contributed by atoms with E-state index in [4.69, 9.17) is 4.74 Å². The molecule has 0 spiro atoms. The summed E-state index contributed by atoms with van der Waals surface area (Å²) >= 11 is 0. The van der Waals surface area contributed by atoms with Crippen LogP contribution in [0, 0.1) is 0 Å². The minimum atomic E-state index is 0. The van der Waals surface area contributed by atoms with E-state index in [0.717, 1.165) is 31.1 Å². The van der Waals surface area contributed by atoms with Crippen molar-refractivity contribution in [3.05, 3.63) is 24.0 Å². The van der Waals surface area contributed by atoms with Gasteiger partial charge in [-0.05, 0) is 12.1 Å². The van der Waals surface area contributed by atoms with Crippen molar-refractivity contribution in [2.24, 2.45) is 0 Å². The zero-order valence-electron chi connectivity index (χ0n) is 7.03. The van der Waals surface area contributed by atoms with Crippen LogP contribution in [0.25, 0.3) is 0 Å². The molecule has 0 radical (unpaired) electrons. The van der Waals surface area contributed by atoms with Crippen LogP contribution < -0.4 is 10.1 Å². The zero-order valence-corrected chi connectivity index (χ0v) is 8.66. The Morgan fingerprint density at radius 3 is 3.08 bits per heavy atom. The fourth-order valence-corrected chi connectivity index (χ4v) is 1.13. The fraction of sp³-hybridized carbons (Fsp3) is 0.375. The third kappa shape index (κ3) is 3.03. The second-order valence-electron chi connectivity index (χ2n) is 2.47. The van der Waals surface area contributed by atoms with Gasteiger partial charge in [-0.2, -0.15) is 0 Å². The quantitative estimate of drug-likeness (QED) is 0.721. The number of hydrogen-bond donors (Lipinski definition) is 1. The van der Waals surface area contributed by atoms with Crippen molar-refractivity contribution in [2.45, 2.75) is 6.54 Å². The lowest BCUT2D eigenvalue weighted by Gasteiger charge is -2.02. The molecule has 0 unspecified atom stereocenters. The van der Waals surface area contributed by atoms with E-state index in [0.29, 0.717) is 0 Å². The first-order valence-corrected chi connectivity index (χ1v) is 3.74. The Labute approximate surface area is 89.7 Å². The predicted octanol–water partition coefficient (Wildman–Crippen LogP) is 1.41. The van der Waals surface area contributed by atoms with Gasteiger partial charge in [0.15, 0.2) is 0 Å². The van der Waals surface area contributed by atoms with Crippen LogP contribution in [0.3, 0.4) is 0 Å². The van der Waals surface area contributed by atoms with Gasteiger partial charge in [-0.1, -0.05) is 0 Å². The van der Waals surface area contributed by atoms with Crippen LogP contribution >= 0.6 is 24.8 Å². The van der Waals surface area contributed by atoms with E-state index in [2.05, 4.69) is 10.3 Å². The highest BCUT2D eigenvalue weighted by Crippen LogP contribution is 2.15. The van der Waals surface area contributed by atoms with Crippen LogP contribution in [0.1, 0.15) is 5.69 Å². The van der Waals surface area contributed by atoms with Gasteiger partial charge in [0, 0.05) is 19.3 Å². The Morgan fingerprint density at radius 2 is 2.23 bits per heavy atom. The highest BCUT2D eigenvalue weighted by atomic mass is 35.5. The minimum Gasteiger partial charge on any atom is -0.490 e. The molecule has 74 valence electrons. The van der Waals surface area contributed by atoms with Crippen molar-refractivity contribution in [1.29, 1.82) is 0 Å². The minimum absolute atomic E-state index is 0. The number of rotatable bonds is 0. The van der Waals surface area contributed by atoms with Crippen molar-refractivity contribution in [3.8, 4) is 5.75 Å². The topological polar surface area (TPSA) is 34.1 Å². The monoisotopic (exact) mass is 222 g/mol. The molecular formula is C8H12Cl2N2O. The van der Waals surface area contributed by atoms with E-state index in [1.165, 1.54) is 0 Å². The molecule has 1 N–H and O–H groups in total. The molecule has 0 saturated heterocycles. The van der Waals surface area contributed by atoms with Crippen LogP contribution in [0.4, 0.5) is 0 Å². The number of pyridine rings is 1. The standard InChI is InChI=1S/C8H10N2O.2ClH/c1-2-8-7(10-3-1)6-9-4-5-11-8;;/h1-3,9H,4-6H2;2*1H. The average molecular weight is 223 g/mol. The van der Waals surface area contributed by atoms with E-state index >= 15 is 0 Å². The summed E-state index contributed by atoms with van der Waals surface area (Å²) in [5.74, 6) is 0.914. The number of hydrogen-bond acceptors (Lipinski definition) is 3. The maximum atomic E-state index is 5.42. The summed E-state index contributed by atoms with van der Waals surface area (Å²) in [5, 5.41) is 3.22. The molecule has 0 atom stereocenters. The Morgan fingerprint density at radius 1 is 1.38 bits per heavy atom. The fourth-order valence-electron chi connectivity index (χ4n) is 1.13. The molecule has 0 fully saturated rings. The third-order valence-corrected chi connectivity index (χ3v) is 1.68. The van der Waals surface area contributed by atoms with Gasteiger partial charge in [0.2, 0.25) is 0 Å². The van der Waals surface area contributed by atoms with E-state index < -0.39 is 0 Å². The molecule has 1 aromatic heterocycles. The first-order chi connectivity index (χ1) is 5.47. The van der Waals surface area contributed by atoms with Gasteiger partial charge in [0.1, 0.15) is 12.4 Å². The molecule has 0 saturated carbocycles. The molecule has 1 aliphatic rings. The molecule has 0 aromatic carbocycles. The molecule has 0 bridgehead atoms. The van der Waals surface area contributed by atoms with Crippen molar-refractivity contribution < 1.29 is 4.74 Å². The molecule has 2 rings (SSSR count). The van der Waals surface area contributed by atoms with Crippen molar-refractivity contribution in [2.75, 3.05) is 13.2 Å². The Bertz CT molecular complexity index is 233. The summed E-state index contributed by atoms with van der Waals surface area (Å²) < 4.78 is 5.42. The highest BCUT2D eigenvalue weighted by Gasteiger charge is 2.06. The van der Waals surface area contributed by atoms with E-state index in [-0.39, 0.29) is 24.8 Å². The van der Waals surface area contributed by atoms with Crippen LogP contribution in [-0.2, 0) is 6.54 Å². The maximum Gasteiger partial charge on any atom is 0.142 e. The number of fused-ring (bicyclic) bond motifs is 1. The Hall–Kier alpha value is -0.510. The highest BCUT2D eigenvalue weighted by molar-refractivity contribution is 5.85. The summed E-state index contributed by atoms with van der Waals surface area (Å²) in [6, 6.07) is 3.85. The number of nitrogens with one attached hydrogen (secondary N) is 1. The first kappa shape index (κ1) is 12.5. The second kappa shape index (κ2) is 6.02. The van der Waals surface area contributed by atoms with Gasteiger partial charge in [0.05, 0.1) is 5.69 Å². The predicted molar refractivity (Wildman–Crippen MR) is 55.9 cm³/mol. The lowest BCUT2D eigenvalue weighted by Crippen LogP contribution is -2.16. The first-order valence-electron chi connectivity index (χ1n) is 3.74. The molecule has 0 aliphatic carbocycles. The van der Waals surface area contributed by atoms with Crippen molar-refractivity contribution >= 4 is 24.8 Å². The maximum absolute atomic E-state index is 5.42. The average Bonchev–Trinajstić information content (AvgIpc) is 2.28. The lowest BCUT2D eigenvalue weighted by molar-refractivity contribution is 0.325. The van der Waals surface area contributed by atoms with Crippen LogP contribution in [0.5, 0.6) is 5.75 Å². The van der Waals surface area contributed by atoms with Gasteiger partial charge in [0.25, 0.3) is 0 Å². The van der Waals surface area contributed by atoms with Crippen molar-refractivity contribution in [3.63, 3.8) is 0 Å². The molecule has 5 heteroatoms. The summed E-state index contributed by atoms with van der Waals surface area (Å²) in [7, 11) is 0. The van der Waals surface area contributed by atoms with Crippen LogP contribution in [0.2, 0.25) is 0 Å². The third-order valence-electron chi connectivity index (χ3n) is 1.68. The SMILES string of the molecule is Cl.Cl.c1cnc2c(c1)OCCNC2. The Balaban J connectivity index is 0.000000720. The van der Waals surface area contributed by atoms with Gasteiger partial charge in [-0.3, -0.25) is 4.98 Å². The smallest absolute Gasteiger partial charge is 0.142 e. The van der Waals surface area contributed by atoms with Gasteiger partial charge in [-0.15, -0.1) is 24.8 Å². The van der Waals surface area contributed by atoms with Gasteiger partial charge in [-0.25, -0.2) is 0 Å². The molecule has 0 amide bonds. The molecule has 1 aromatic rings. The van der Waals surface area contributed by atoms with Gasteiger partial charge >= 0.3 is 0 Å². The number of halogens is 2. The normalized spacial score (nSPS) is 13.8. The molecule has 2 heterocycles. The molecular weight excluding hydrogens is 211 g/mol. The lowest BCUT2D eigenvalue weighted by atomic mass is 10.3. The molecule has 13 heavy (non-hydrogen) atoms. The van der Waals surface area contributed by atoms with Crippen LogP contribution in [-0.4, -0.2) is 18.1 Å². The van der Waals surface area contributed by atoms with E-state index in [9.17, 15) is 0 Å². The molecule has 3 nitrogen and oxygen atoms in total. The van der Waals surface area contributed by atoms with E-state index in [1.54, 1.807) is 6.20 Å². The Kier molecular flexibility index (Phi) is 5.79. The summed E-state index contributed by atoms with van der Waals surface area (Å²) in [5.41, 5.74) is 1.00. The second-order valence-corrected chi connectivity index (χ2v) is 2.47. The molecule has 1 aliphatic heterocycles. The number of nitrogens with zero attached hydrogens (tertiary/aromatic N) is 1. The van der Waals surface area contributed by atoms with Crippen molar-refractivity contribution in [1.82, 2.24) is 10.3 Å². The summed E-state index contributed by atoms with van der Waals surface area (Å²) in [4.78, 5) is 4.19. The largest absolute Gasteiger partial charge is 0.490 e. The number of aromatic nitrogens is 1. The van der Waals surface area contributed by atoms with Crippen LogP contribution in [0.15, 0.2) is 18.3 Å². The number of ether oxygens (including phenoxy) is 1. The van der Waals surface area contributed by atoms with E-state index in [1.807, 2.05) is 12.1 Å².